The van der Waals surface area contributed by atoms with Crippen molar-refractivity contribution in [3.05, 3.63) is 0 Å². The molecule has 0 aromatic heterocycles. The number of terminal acetylenes is 1. The summed E-state index contributed by atoms with van der Waals surface area (Å²) in [6.07, 6.45) is 37.2. The van der Waals surface area contributed by atoms with Gasteiger partial charge in [-0.15, -0.1) is 6.42 Å². The first-order valence-corrected chi connectivity index (χ1v) is 18.8. The summed E-state index contributed by atoms with van der Waals surface area (Å²) in [6.45, 7) is 6.10. The predicted octanol–water partition coefficient (Wildman–Crippen LogP) is 11.3. The molecule has 0 aromatic rings. The minimum Gasteiger partial charge on any atom is -0.308 e. The SMILES string of the molecule is C#CC[N+](C)(C)CP(=O)(OCCCCCCCCCCCCCC)OCCCCCCCCCCCCCC. The molecule has 0 amide bonds. The van der Waals surface area contributed by atoms with Crippen LogP contribution in [-0.2, 0) is 13.6 Å². The van der Waals surface area contributed by atoms with E-state index in [0.29, 0.717) is 30.5 Å². The van der Waals surface area contributed by atoms with E-state index in [0.717, 1.165) is 25.7 Å². The van der Waals surface area contributed by atoms with Crippen LogP contribution in [0.1, 0.15) is 168 Å². The average Bonchev–Trinajstić information content (AvgIpc) is 2.89. The quantitative estimate of drug-likeness (QED) is 0.0360. The molecule has 0 aliphatic carbocycles. The van der Waals surface area contributed by atoms with Crippen LogP contribution in [0.15, 0.2) is 0 Å². The van der Waals surface area contributed by atoms with Crippen LogP contribution in [0.25, 0.3) is 0 Å². The van der Waals surface area contributed by atoms with Gasteiger partial charge in [-0.3, -0.25) is 4.57 Å². The molecule has 232 valence electrons. The van der Waals surface area contributed by atoms with Gasteiger partial charge < -0.3 is 13.5 Å². The van der Waals surface area contributed by atoms with Crippen molar-refractivity contribution in [2.45, 2.75) is 168 Å². The first kappa shape index (κ1) is 38.7. The Kier molecular flexibility index (Phi) is 27.6. The Morgan fingerprint density at radius 1 is 0.538 bits per heavy atom. The van der Waals surface area contributed by atoms with Crippen molar-refractivity contribution in [1.29, 1.82) is 0 Å². The zero-order valence-corrected chi connectivity index (χ0v) is 27.9. The Morgan fingerprint density at radius 2 is 0.821 bits per heavy atom. The minimum absolute atomic E-state index is 0.341. The van der Waals surface area contributed by atoms with E-state index in [4.69, 9.17) is 15.5 Å². The molecule has 0 heterocycles. The average molecular weight is 571 g/mol. The molecule has 0 aliphatic rings. The molecule has 0 bridgehead atoms. The van der Waals surface area contributed by atoms with Crippen molar-refractivity contribution in [3.8, 4) is 12.3 Å². The highest BCUT2D eigenvalue weighted by Crippen LogP contribution is 2.50. The van der Waals surface area contributed by atoms with Crippen LogP contribution in [0.3, 0.4) is 0 Å². The lowest BCUT2D eigenvalue weighted by atomic mass is 10.1. The van der Waals surface area contributed by atoms with Crippen molar-refractivity contribution < 1.29 is 18.1 Å². The van der Waals surface area contributed by atoms with Gasteiger partial charge in [-0.2, -0.15) is 0 Å². The summed E-state index contributed by atoms with van der Waals surface area (Å²) in [6, 6.07) is 0. The highest BCUT2D eigenvalue weighted by molar-refractivity contribution is 7.53. The maximum Gasteiger partial charge on any atom is 0.384 e. The molecular formula is C34H69NO3P+. The topological polar surface area (TPSA) is 35.5 Å². The summed E-state index contributed by atoms with van der Waals surface area (Å²) < 4.78 is 26.0. The van der Waals surface area contributed by atoms with Gasteiger partial charge >= 0.3 is 7.60 Å². The highest BCUT2D eigenvalue weighted by atomic mass is 31.2. The van der Waals surface area contributed by atoms with Crippen molar-refractivity contribution >= 4 is 7.60 Å². The van der Waals surface area contributed by atoms with Gasteiger partial charge in [0.15, 0.2) is 6.29 Å². The maximum absolute atomic E-state index is 13.6. The van der Waals surface area contributed by atoms with Gasteiger partial charge in [0, 0.05) is 0 Å². The third kappa shape index (κ3) is 27.6. The number of hydrogen-bond donors (Lipinski definition) is 0. The fourth-order valence-corrected chi connectivity index (χ4v) is 7.27. The summed E-state index contributed by atoms with van der Waals surface area (Å²) in [4.78, 5) is 0. The Morgan fingerprint density at radius 3 is 1.10 bits per heavy atom. The summed E-state index contributed by atoms with van der Waals surface area (Å²) >= 11 is 0. The Hall–Kier alpha value is -0.330. The van der Waals surface area contributed by atoms with Crippen molar-refractivity contribution in [3.63, 3.8) is 0 Å². The first-order valence-electron chi connectivity index (χ1n) is 17.0. The fourth-order valence-electron chi connectivity index (χ4n) is 5.18. The smallest absolute Gasteiger partial charge is 0.308 e. The van der Waals surface area contributed by atoms with Crippen molar-refractivity contribution in [2.75, 3.05) is 40.1 Å². The van der Waals surface area contributed by atoms with Crippen LogP contribution in [0, 0.1) is 12.3 Å². The van der Waals surface area contributed by atoms with Gasteiger partial charge in [0.2, 0.25) is 0 Å². The molecule has 4 nitrogen and oxygen atoms in total. The van der Waals surface area contributed by atoms with E-state index in [9.17, 15) is 4.57 Å². The van der Waals surface area contributed by atoms with Crippen LogP contribution >= 0.6 is 7.60 Å². The van der Waals surface area contributed by atoms with Gasteiger partial charge in [-0.1, -0.05) is 155 Å². The Balaban J connectivity index is 4.02. The third-order valence-corrected chi connectivity index (χ3v) is 9.91. The second-order valence-electron chi connectivity index (χ2n) is 12.5. The van der Waals surface area contributed by atoms with E-state index < -0.39 is 7.60 Å². The maximum atomic E-state index is 13.6. The van der Waals surface area contributed by atoms with Crippen LogP contribution in [0.2, 0.25) is 0 Å². The minimum atomic E-state index is -3.16. The normalized spacial score (nSPS) is 12.2. The van der Waals surface area contributed by atoms with E-state index in [1.54, 1.807) is 0 Å². The zero-order valence-electron chi connectivity index (χ0n) is 27.0. The number of nitrogens with zero attached hydrogens (tertiary/aromatic N) is 1. The van der Waals surface area contributed by atoms with Gasteiger partial charge in [0.05, 0.1) is 27.3 Å². The molecule has 0 atom stereocenters. The number of hydrogen-bond acceptors (Lipinski definition) is 3. The second kappa shape index (κ2) is 27.8. The summed E-state index contributed by atoms with van der Waals surface area (Å²) in [5.41, 5.74) is 0. The van der Waals surface area contributed by atoms with E-state index in [1.165, 1.54) is 128 Å². The zero-order chi connectivity index (χ0) is 28.9. The molecule has 0 saturated heterocycles. The van der Waals surface area contributed by atoms with E-state index in [-0.39, 0.29) is 0 Å². The van der Waals surface area contributed by atoms with Crippen LogP contribution in [-0.4, -0.2) is 44.6 Å². The number of unbranched alkanes of at least 4 members (excludes halogenated alkanes) is 22. The van der Waals surface area contributed by atoms with E-state index in [1.807, 2.05) is 14.1 Å². The van der Waals surface area contributed by atoms with Crippen molar-refractivity contribution in [2.24, 2.45) is 0 Å². The van der Waals surface area contributed by atoms with Crippen molar-refractivity contribution in [1.82, 2.24) is 0 Å². The van der Waals surface area contributed by atoms with Gasteiger partial charge in [0.25, 0.3) is 0 Å². The lowest BCUT2D eigenvalue weighted by Gasteiger charge is -2.31. The van der Waals surface area contributed by atoms with Crippen LogP contribution < -0.4 is 0 Å². The Bertz CT molecular complexity index is 568. The summed E-state index contributed by atoms with van der Waals surface area (Å²) in [7, 11) is 0.855. The molecule has 0 aliphatic heterocycles. The third-order valence-electron chi connectivity index (χ3n) is 7.65. The molecule has 0 rings (SSSR count). The molecule has 0 radical (unpaired) electrons. The fraction of sp³-hybridized carbons (Fsp3) is 0.941. The second-order valence-corrected chi connectivity index (χ2v) is 14.5. The van der Waals surface area contributed by atoms with E-state index in [2.05, 4.69) is 19.8 Å². The molecule has 39 heavy (non-hydrogen) atoms. The molecular weight excluding hydrogens is 501 g/mol. The Labute approximate surface area is 245 Å². The van der Waals surface area contributed by atoms with Crippen LogP contribution in [0.4, 0.5) is 0 Å². The lowest BCUT2D eigenvalue weighted by molar-refractivity contribution is -0.872. The predicted molar refractivity (Wildman–Crippen MR) is 172 cm³/mol. The molecule has 5 heteroatoms. The standard InChI is InChI=1S/C34H69NO3P/c1-6-9-11-13-15-17-19-21-23-25-27-29-32-37-39(36,34-35(4,5)31-8-3)38-33-30-28-26-24-22-20-18-16-14-12-10-7-2/h3H,6-7,9-34H2,1-2,4-5H3/q+1. The van der Waals surface area contributed by atoms with Crippen LogP contribution in [0.5, 0.6) is 0 Å². The largest absolute Gasteiger partial charge is 0.384 e. The molecule has 0 fully saturated rings. The van der Waals surface area contributed by atoms with Gasteiger partial charge in [-0.05, 0) is 18.8 Å². The summed E-state index contributed by atoms with van der Waals surface area (Å²) in [5.74, 6) is 2.71. The number of quaternary nitrogens is 1. The van der Waals surface area contributed by atoms with Gasteiger partial charge in [0.1, 0.15) is 6.54 Å². The van der Waals surface area contributed by atoms with Gasteiger partial charge in [-0.25, -0.2) is 0 Å². The number of rotatable bonds is 31. The monoisotopic (exact) mass is 571 g/mol. The summed E-state index contributed by atoms with van der Waals surface area (Å²) in [5, 5.41) is 0. The molecule has 0 unspecified atom stereocenters. The molecule has 0 N–H and O–H groups in total. The molecule has 0 aromatic carbocycles. The highest BCUT2D eigenvalue weighted by Gasteiger charge is 2.34. The molecule has 0 spiro atoms. The van der Waals surface area contributed by atoms with E-state index >= 15 is 0 Å². The first-order chi connectivity index (χ1) is 18.9. The molecule has 0 saturated carbocycles. The lowest BCUT2D eigenvalue weighted by Crippen LogP contribution is -2.41.